The van der Waals surface area contributed by atoms with Gasteiger partial charge < -0.3 is 9.64 Å². The third-order valence-electron chi connectivity index (χ3n) is 7.04. The standard InChI is InChI=1S/C26H28F3N5O4S/c1-31(21-8-6-18(27)7-9-21)39(36,37)33-12-10-32(11-13-33)24-17-30-34(22-15-19(28)14-20(29)16-22)26(35)25(24)38-23-4-2-3-5-23/h6-9,14-17,23H,2-5,10-13H2,1H3. The summed E-state index contributed by atoms with van der Waals surface area (Å²) in [7, 11) is -2.48. The molecule has 0 bridgehead atoms. The van der Waals surface area contributed by atoms with Crippen LogP contribution in [0, 0.1) is 17.5 Å². The molecule has 1 aliphatic carbocycles. The number of piperazine rings is 1. The minimum absolute atomic E-state index is 0.0151. The Morgan fingerprint density at radius 1 is 0.923 bits per heavy atom. The molecule has 0 atom stereocenters. The van der Waals surface area contributed by atoms with E-state index >= 15 is 0 Å². The smallest absolute Gasteiger partial charge is 0.316 e. The van der Waals surface area contributed by atoms with Crippen molar-refractivity contribution in [1.82, 2.24) is 14.1 Å². The van der Waals surface area contributed by atoms with Gasteiger partial charge in [-0.1, -0.05) is 0 Å². The molecule has 0 radical (unpaired) electrons. The summed E-state index contributed by atoms with van der Waals surface area (Å²) in [5.41, 5.74) is -0.00723. The van der Waals surface area contributed by atoms with Gasteiger partial charge in [0.15, 0.2) is 0 Å². The maximum absolute atomic E-state index is 13.9. The van der Waals surface area contributed by atoms with Crippen LogP contribution in [0.15, 0.2) is 53.5 Å². The van der Waals surface area contributed by atoms with E-state index in [4.69, 9.17) is 4.74 Å². The number of rotatable bonds is 7. The molecule has 2 aliphatic rings. The second-order valence-electron chi connectivity index (χ2n) is 9.57. The van der Waals surface area contributed by atoms with Crippen LogP contribution >= 0.6 is 0 Å². The van der Waals surface area contributed by atoms with E-state index in [0.29, 0.717) is 17.4 Å². The molecular formula is C26H28F3N5O4S. The van der Waals surface area contributed by atoms with E-state index in [1.54, 1.807) is 0 Å². The predicted octanol–water partition coefficient (Wildman–Crippen LogP) is 3.47. The third-order valence-corrected chi connectivity index (χ3v) is 8.96. The Morgan fingerprint density at radius 3 is 2.15 bits per heavy atom. The highest BCUT2D eigenvalue weighted by atomic mass is 32.2. The number of hydrogen-bond acceptors (Lipinski definition) is 6. The lowest BCUT2D eigenvalue weighted by molar-refractivity contribution is 0.205. The van der Waals surface area contributed by atoms with Crippen molar-refractivity contribution in [2.75, 3.05) is 42.4 Å². The van der Waals surface area contributed by atoms with Crippen LogP contribution in [0.4, 0.5) is 24.5 Å². The first-order valence-corrected chi connectivity index (χ1v) is 14.0. The van der Waals surface area contributed by atoms with Crippen molar-refractivity contribution in [2.24, 2.45) is 0 Å². The van der Waals surface area contributed by atoms with Gasteiger partial charge in [0.25, 0.3) is 0 Å². The summed E-state index contributed by atoms with van der Waals surface area (Å²) in [5.74, 6) is -2.14. The molecule has 3 aromatic rings. The van der Waals surface area contributed by atoms with Crippen LogP contribution < -0.4 is 19.5 Å². The van der Waals surface area contributed by atoms with E-state index in [2.05, 4.69) is 5.10 Å². The first-order valence-electron chi connectivity index (χ1n) is 12.6. The largest absolute Gasteiger partial charge is 0.483 e. The van der Waals surface area contributed by atoms with Crippen molar-refractivity contribution in [2.45, 2.75) is 31.8 Å². The number of ether oxygens (including phenoxy) is 1. The second kappa shape index (κ2) is 10.9. The summed E-state index contributed by atoms with van der Waals surface area (Å²) >= 11 is 0. The van der Waals surface area contributed by atoms with E-state index in [1.807, 2.05) is 4.90 Å². The summed E-state index contributed by atoms with van der Waals surface area (Å²) in [6.45, 7) is 0.734. The van der Waals surface area contributed by atoms with Gasteiger partial charge in [-0.15, -0.1) is 0 Å². The number of halogens is 3. The second-order valence-corrected chi connectivity index (χ2v) is 11.5. The van der Waals surface area contributed by atoms with Crippen LogP contribution in [0.25, 0.3) is 5.69 Å². The molecule has 39 heavy (non-hydrogen) atoms. The zero-order valence-electron chi connectivity index (χ0n) is 21.3. The van der Waals surface area contributed by atoms with Crippen LogP contribution in [-0.2, 0) is 10.2 Å². The molecule has 9 nitrogen and oxygen atoms in total. The van der Waals surface area contributed by atoms with Crippen molar-refractivity contribution in [1.29, 1.82) is 0 Å². The Kier molecular flexibility index (Phi) is 7.54. The Hall–Kier alpha value is -3.58. The van der Waals surface area contributed by atoms with Crippen LogP contribution in [-0.4, -0.2) is 61.8 Å². The average Bonchev–Trinajstić information content (AvgIpc) is 3.42. The van der Waals surface area contributed by atoms with Gasteiger partial charge in [0, 0.05) is 39.3 Å². The van der Waals surface area contributed by atoms with Gasteiger partial charge in [0.1, 0.15) is 23.1 Å². The van der Waals surface area contributed by atoms with E-state index in [1.165, 1.54) is 41.8 Å². The topological polar surface area (TPSA) is 88.0 Å². The maximum Gasteiger partial charge on any atom is 0.316 e. The minimum atomic E-state index is -3.89. The molecule has 2 heterocycles. The molecule has 2 aromatic carbocycles. The molecule has 208 valence electrons. The summed E-state index contributed by atoms with van der Waals surface area (Å²) in [4.78, 5) is 15.3. The summed E-state index contributed by atoms with van der Waals surface area (Å²) in [6, 6.07) is 7.90. The fraction of sp³-hybridized carbons (Fsp3) is 0.385. The first-order chi connectivity index (χ1) is 18.6. The highest BCUT2D eigenvalue weighted by Crippen LogP contribution is 2.31. The van der Waals surface area contributed by atoms with Gasteiger partial charge >= 0.3 is 15.8 Å². The SMILES string of the molecule is CN(c1ccc(F)cc1)S(=O)(=O)N1CCN(c2cnn(-c3cc(F)cc(F)c3)c(=O)c2OC2CCCC2)CC1. The summed E-state index contributed by atoms with van der Waals surface area (Å²) in [5, 5.41) is 4.16. The van der Waals surface area contributed by atoms with Crippen LogP contribution in [0.2, 0.25) is 0 Å². The van der Waals surface area contributed by atoms with Crippen molar-refractivity contribution in [3.05, 3.63) is 76.5 Å². The Balaban J connectivity index is 1.40. The van der Waals surface area contributed by atoms with Gasteiger partial charge in [-0.2, -0.15) is 22.5 Å². The van der Waals surface area contributed by atoms with Gasteiger partial charge in [-0.25, -0.2) is 13.2 Å². The molecule has 0 spiro atoms. The van der Waals surface area contributed by atoms with Crippen LogP contribution in [0.1, 0.15) is 25.7 Å². The number of aromatic nitrogens is 2. The molecule has 0 N–H and O–H groups in total. The van der Waals surface area contributed by atoms with Crippen molar-refractivity contribution < 1.29 is 26.3 Å². The lowest BCUT2D eigenvalue weighted by Crippen LogP contribution is -2.52. The monoisotopic (exact) mass is 563 g/mol. The summed E-state index contributed by atoms with van der Waals surface area (Å²) in [6.07, 6.45) is 4.71. The highest BCUT2D eigenvalue weighted by Gasteiger charge is 2.33. The fourth-order valence-corrected chi connectivity index (χ4v) is 6.26. The molecule has 1 aromatic heterocycles. The van der Waals surface area contributed by atoms with Crippen molar-refractivity contribution in [3.63, 3.8) is 0 Å². The zero-order chi connectivity index (χ0) is 27.7. The molecule has 1 aliphatic heterocycles. The molecular weight excluding hydrogens is 535 g/mol. The number of hydrogen-bond donors (Lipinski definition) is 0. The fourth-order valence-electron chi connectivity index (χ4n) is 4.90. The lowest BCUT2D eigenvalue weighted by atomic mass is 10.2. The quantitative estimate of drug-likeness (QED) is 0.438. The predicted molar refractivity (Wildman–Crippen MR) is 140 cm³/mol. The molecule has 2 fully saturated rings. The van der Waals surface area contributed by atoms with E-state index in [9.17, 15) is 26.4 Å². The molecule has 0 amide bonds. The normalized spacial score (nSPS) is 17.0. The molecule has 13 heteroatoms. The molecule has 0 unspecified atom stereocenters. The minimum Gasteiger partial charge on any atom is -0.483 e. The zero-order valence-corrected chi connectivity index (χ0v) is 22.1. The summed E-state index contributed by atoms with van der Waals surface area (Å²) < 4.78 is 76.9. The molecule has 1 saturated heterocycles. The average molecular weight is 564 g/mol. The third kappa shape index (κ3) is 5.59. The van der Waals surface area contributed by atoms with Crippen LogP contribution in [0.3, 0.4) is 0 Å². The van der Waals surface area contributed by atoms with Crippen molar-refractivity contribution >= 4 is 21.6 Å². The van der Waals surface area contributed by atoms with E-state index < -0.39 is 33.2 Å². The Labute approximate surface area is 224 Å². The Bertz CT molecular complexity index is 1480. The van der Waals surface area contributed by atoms with E-state index in [-0.39, 0.29) is 43.7 Å². The molecule has 1 saturated carbocycles. The first kappa shape index (κ1) is 27.0. The van der Waals surface area contributed by atoms with Gasteiger partial charge in [0.2, 0.25) is 5.75 Å². The Morgan fingerprint density at radius 2 is 1.54 bits per heavy atom. The molecule has 5 rings (SSSR count). The number of benzene rings is 2. The van der Waals surface area contributed by atoms with Gasteiger partial charge in [-0.3, -0.25) is 9.10 Å². The highest BCUT2D eigenvalue weighted by molar-refractivity contribution is 7.90. The maximum atomic E-state index is 13.9. The van der Waals surface area contributed by atoms with Gasteiger partial charge in [0.05, 0.1) is 23.7 Å². The lowest BCUT2D eigenvalue weighted by Gasteiger charge is -2.37. The number of anilines is 2. The van der Waals surface area contributed by atoms with Crippen LogP contribution in [0.5, 0.6) is 5.75 Å². The number of nitrogens with zero attached hydrogens (tertiary/aromatic N) is 5. The van der Waals surface area contributed by atoms with Gasteiger partial charge in [-0.05, 0) is 62.1 Å². The van der Waals surface area contributed by atoms with E-state index in [0.717, 1.165) is 46.8 Å². The van der Waals surface area contributed by atoms with Crippen molar-refractivity contribution in [3.8, 4) is 11.4 Å².